The summed E-state index contributed by atoms with van der Waals surface area (Å²) in [5.74, 6) is 1.23. The minimum atomic E-state index is 0.593. The summed E-state index contributed by atoms with van der Waals surface area (Å²) in [5, 5.41) is 5.14. The van der Waals surface area contributed by atoms with Crippen molar-refractivity contribution in [1.29, 1.82) is 0 Å². The molecule has 6 heteroatoms. The Morgan fingerprint density at radius 1 is 0.958 bits per heavy atom. The second-order valence-electron chi connectivity index (χ2n) is 5.63. The maximum absolute atomic E-state index is 5.37. The zero-order valence-electron chi connectivity index (χ0n) is 13.2. The molecule has 0 aliphatic carbocycles. The summed E-state index contributed by atoms with van der Waals surface area (Å²) >= 11 is 1.72. The van der Waals surface area contributed by atoms with E-state index in [4.69, 9.17) is 4.52 Å². The Kier molecular flexibility index (Phi) is 4.06. The number of hydrogen-bond donors (Lipinski definition) is 0. The largest absolute Gasteiger partial charge is 0.338 e. The standard InChI is InChI=1S/C18H16N4OS/c1-22(12-17-19-14-9-5-6-10-15(14)24-17)11-16-20-18(21-23-16)13-7-3-2-4-8-13/h2-10H,11-12H2,1H3. The van der Waals surface area contributed by atoms with Gasteiger partial charge in [-0.2, -0.15) is 4.98 Å². The Hall–Kier alpha value is -2.57. The van der Waals surface area contributed by atoms with Gasteiger partial charge in [-0.15, -0.1) is 11.3 Å². The van der Waals surface area contributed by atoms with E-state index in [9.17, 15) is 0 Å². The molecule has 0 N–H and O–H groups in total. The number of aromatic nitrogens is 3. The lowest BCUT2D eigenvalue weighted by molar-refractivity contribution is 0.260. The number of thiazole rings is 1. The van der Waals surface area contributed by atoms with E-state index in [0.717, 1.165) is 22.6 Å². The number of rotatable bonds is 5. The van der Waals surface area contributed by atoms with E-state index in [1.807, 2.05) is 55.6 Å². The van der Waals surface area contributed by atoms with Crippen LogP contribution >= 0.6 is 11.3 Å². The van der Waals surface area contributed by atoms with Gasteiger partial charge in [0.05, 0.1) is 23.3 Å². The van der Waals surface area contributed by atoms with Crippen molar-refractivity contribution in [2.75, 3.05) is 7.05 Å². The van der Waals surface area contributed by atoms with Gasteiger partial charge in [-0.05, 0) is 19.2 Å². The quantitative estimate of drug-likeness (QED) is 0.552. The number of hydrogen-bond acceptors (Lipinski definition) is 6. The van der Waals surface area contributed by atoms with E-state index in [-0.39, 0.29) is 0 Å². The van der Waals surface area contributed by atoms with Crippen molar-refractivity contribution in [3.8, 4) is 11.4 Å². The third-order valence-corrected chi connectivity index (χ3v) is 4.67. The summed E-state index contributed by atoms with van der Waals surface area (Å²) in [6.07, 6.45) is 0. The highest BCUT2D eigenvalue weighted by Crippen LogP contribution is 2.23. The number of benzene rings is 2. The van der Waals surface area contributed by atoms with Crippen molar-refractivity contribution >= 4 is 21.6 Å². The van der Waals surface area contributed by atoms with Crippen molar-refractivity contribution < 1.29 is 4.52 Å². The fourth-order valence-corrected chi connectivity index (χ4v) is 3.58. The third kappa shape index (κ3) is 3.20. The van der Waals surface area contributed by atoms with Crippen LogP contribution in [0.1, 0.15) is 10.9 Å². The lowest BCUT2D eigenvalue weighted by atomic mass is 10.2. The fraction of sp³-hybridized carbons (Fsp3) is 0.167. The Morgan fingerprint density at radius 2 is 1.75 bits per heavy atom. The lowest BCUT2D eigenvalue weighted by Gasteiger charge is -2.11. The smallest absolute Gasteiger partial charge is 0.241 e. The Morgan fingerprint density at radius 3 is 2.58 bits per heavy atom. The van der Waals surface area contributed by atoms with Crippen molar-refractivity contribution in [3.05, 3.63) is 65.5 Å². The predicted molar refractivity (Wildman–Crippen MR) is 94.5 cm³/mol. The molecule has 0 unspecified atom stereocenters. The Labute approximate surface area is 143 Å². The summed E-state index contributed by atoms with van der Waals surface area (Å²) in [6.45, 7) is 1.35. The van der Waals surface area contributed by atoms with Crippen molar-refractivity contribution in [2.45, 2.75) is 13.1 Å². The van der Waals surface area contributed by atoms with E-state index in [1.165, 1.54) is 4.70 Å². The lowest BCUT2D eigenvalue weighted by Crippen LogP contribution is -2.17. The normalized spacial score (nSPS) is 11.4. The second kappa shape index (κ2) is 6.51. The Bertz CT molecular complexity index is 915. The molecule has 4 aromatic rings. The van der Waals surface area contributed by atoms with E-state index in [1.54, 1.807) is 11.3 Å². The summed E-state index contributed by atoms with van der Waals surface area (Å²) in [7, 11) is 2.03. The molecule has 4 rings (SSSR count). The van der Waals surface area contributed by atoms with Crippen LogP contribution in [0.3, 0.4) is 0 Å². The van der Waals surface area contributed by atoms with Gasteiger partial charge in [-0.3, -0.25) is 4.90 Å². The van der Waals surface area contributed by atoms with Crippen LogP contribution < -0.4 is 0 Å². The molecular weight excluding hydrogens is 320 g/mol. The molecule has 0 saturated heterocycles. The molecule has 0 bridgehead atoms. The van der Waals surface area contributed by atoms with Crippen LogP contribution in [0.2, 0.25) is 0 Å². The number of fused-ring (bicyclic) bond motifs is 1. The van der Waals surface area contributed by atoms with Crippen LogP contribution in [0.4, 0.5) is 0 Å². The second-order valence-corrected chi connectivity index (χ2v) is 6.74. The SMILES string of the molecule is CN(Cc1nc(-c2ccccc2)no1)Cc1nc2ccccc2s1. The summed E-state index contributed by atoms with van der Waals surface area (Å²) < 4.78 is 6.58. The molecular formula is C18H16N4OS. The topological polar surface area (TPSA) is 55.1 Å². The molecule has 2 heterocycles. The highest BCUT2D eigenvalue weighted by molar-refractivity contribution is 7.18. The highest BCUT2D eigenvalue weighted by Gasteiger charge is 2.12. The number of nitrogens with zero attached hydrogens (tertiary/aromatic N) is 4. The molecule has 2 aromatic heterocycles. The predicted octanol–water partition coefficient (Wildman–Crippen LogP) is 3.98. The van der Waals surface area contributed by atoms with Crippen LogP contribution in [0.5, 0.6) is 0 Å². The maximum Gasteiger partial charge on any atom is 0.241 e. The first kappa shape index (κ1) is 15.0. The van der Waals surface area contributed by atoms with Gasteiger partial charge in [0.2, 0.25) is 11.7 Å². The molecule has 0 spiro atoms. The molecule has 24 heavy (non-hydrogen) atoms. The summed E-state index contributed by atoms with van der Waals surface area (Å²) in [6, 6.07) is 18.0. The van der Waals surface area contributed by atoms with E-state index < -0.39 is 0 Å². The first-order valence-electron chi connectivity index (χ1n) is 7.69. The van der Waals surface area contributed by atoms with Crippen LogP contribution in [0, 0.1) is 0 Å². The zero-order valence-corrected chi connectivity index (χ0v) is 14.0. The minimum absolute atomic E-state index is 0.593. The van der Waals surface area contributed by atoms with Crippen molar-refractivity contribution in [1.82, 2.24) is 20.0 Å². The molecule has 2 aromatic carbocycles. The monoisotopic (exact) mass is 336 g/mol. The zero-order chi connectivity index (χ0) is 16.4. The number of para-hydroxylation sites is 1. The van der Waals surface area contributed by atoms with E-state index in [2.05, 4.69) is 26.1 Å². The maximum atomic E-state index is 5.37. The molecule has 0 radical (unpaired) electrons. The van der Waals surface area contributed by atoms with Crippen LogP contribution in [0.25, 0.3) is 21.6 Å². The molecule has 120 valence electrons. The fourth-order valence-electron chi connectivity index (χ4n) is 2.53. The van der Waals surface area contributed by atoms with Gasteiger partial charge in [0.1, 0.15) is 5.01 Å². The van der Waals surface area contributed by atoms with Gasteiger partial charge in [-0.25, -0.2) is 4.98 Å². The molecule has 0 aliphatic heterocycles. The summed E-state index contributed by atoms with van der Waals surface area (Å²) in [4.78, 5) is 11.3. The van der Waals surface area contributed by atoms with Crippen molar-refractivity contribution in [2.24, 2.45) is 0 Å². The molecule has 0 saturated carbocycles. The first-order valence-corrected chi connectivity index (χ1v) is 8.50. The van der Waals surface area contributed by atoms with E-state index >= 15 is 0 Å². The Balaban J connectivity index is 1.44. The minimum Gasteiger partial charge on any atom is -0.338 e. The van der Waals surface area contributed by atoms with Gasteiger partial charge < -0.3 is 4.52 Å². The average molecular weight is 336 g/mol. The van der Waals surface area contributed by atoms with Gasteiger partial charge in [0, 0.05) is 5.56 Å². The molecule has 0 fully saturated rings. The average Bonchev–Trinajstić information content (AvgIpc) is 3.21. The first-order chi connectivity index (χ1) is 11.8. The molecule has 0 atom stereocenters. The van der Waals surface area contributed by atoms with Crippen molar-refractivity contribution in [3.63, 3.8) is 0 Å². The van der Waals surface area contributed by atoms with Crippen LogP contribution in [-0.4, -0.2) is 27.1 Å². The van der Waals surface area contributed by atoms with Gasteiger partial charge in [0.15, 0.2) is 0 Å². The highest BCUT2D eigenvalue weighted by atomic mass is 32.1. The molecule has 0 amide bonds. The van der Waals surface area contributed by atoms with Crippen LogP contribution in [-0.2, 0) is 13.1 Å². The van der Waals surface area contributed by atoms with Gasteiger partial charge in [0.25, 0.3) is 0 Å². The third-order valence-electron chi connectivity index (χ3n) is 3.65. The molecule has 0 aliphatic rings. The van der Waals surface area contributed by atoms with E-state index in [0.29, 0.717) is 18.3 Å². The van der Waals surface area contributed by atoms with Crippen LogP contribution in [0.15, 0.2) is 59.1 Å². The van der Waals surface area contributed by atoms with Gasteiger partial charge >= 0.3 is 0 Å². The molecule has 5 nitrogen and oxygen atoms in total. The van der Waals surface area contributed by atoms with Gasteiger partial charge in [-0.1, -0.05) is 47.6 Å². The summed E-state index contributed by atoms with van der Waals surface area (Å²) in [5.41, 5.74) is 2.01.